The van der Waals surface area contributed by atoms with Gasteiger partial charge in [-0.1, -0.05) is 0 Å². The highest BCUT2D eigenvalue weighted by molar-refractivity contribution is 7.99. The molecule has 2 heterocycles. The summed E-state index contributed by atoms with van der Waals surface area (Å²) in [5.74, 6) is 2.14. The first-order valence-electron chi connectivity index (χ1n) is 5.67. The maximum atomic E-state index is 10.3. The lowest BCUT2D eigenvalue weighted by Gasteiger charge is -2.31. The number of nitrogens with zero attached hydrogens (tertiary/aromatic N) is 2. The van der Waals surface area contributed by atoms with Crippen molar-refractivity contribution >= 4 is 11.8 Å². The Hall–Kier alpha value is -0.520. The van der Waals surface area contributed by atoms with Gasteiger partial charge < -0.3 is 10.4 Å². The minimum absolute atomic E-state index is 0.500. The van der Waals surface area contributed by atoms with Gasteiger partial charge in [-0.15, -0.1) is 0 Å². The molecule has 0 spiro atoms. The van der Waals surface area contributed by atoms with E-state index < -0.39 is 5.60 Å². The Morgan fingerprint density at radius 2 is 2.31 bits per heavy atom. The third-order valence-corrected chi connectivity index (χ3v) is 3.94. The van der Waals surface area contributed by atoms with E-state index >= 15 is 0 Å². The van der Waals surface area contributed by atoms with Crippen molar-refractivity contribution in [3.63, 3.8) is 0 Å². The van der Waals surface area contributed by atoms with Gasteiger partial charge in [-0.05, 0) is 30.4 Å². The zero-order chi connectivity index (χ0) is 11.4. The molecule has 5 heteroatoms. The van der Waals surface area contributed by atoms with Gasteiger partial charge in [0.25, 0.3) is 0 Å². The third-order valence-electron chi connectivity index (χ3n) is 2.95. The van der Waals surface area contributed by atoms with Gasteiger partial charge in [0.05, 0.1) is 11.3 Å². The second kappa shape index (κ2) is 5.21. The fourth-order valence-corrected chi connectivity index (χ4v) is 3.16. The zero-order valence-corrected chi connectivity index (χ0v) is 10.5. The summed E-state index contributed by atoms with van der Waals surface area (Å²) in [6.07, 6.45) is 3.72. The van der Waals surface area contributed by atoms with E-state index in [0.717, 1.165) is 36.6 Å². The van der Waals surface area contributed by atoms with Crippen molar-refractivity contribution in [3.05, 3.63) is 18.0 Å². The van der Waals surface area contributed by atoms with Gasteiger partial charge >= 0.3 is 0 Å². The Kier molecular flexibility index (Phi) is 3.89. The molecule has 0 bridgehead atoms. The Morgan fingerprint density at radius 3 is 2.94 bits per heavy atom. The van der Waals surface area contributed by atoms with Gasteiger partial charge in [0.1, 0.15) is 0 Å². The van der Waals surface area contributed by atoms with Crippen molar-refractivity contribution < 1.29 is 5.11 Å². The molecule has 0 atom stereocenters. The second-order valence-corrected chi connectivity index (χ2v) is 5.65. The van der Waals surface area contributed by atoms with Crippen LogP contribution in [0.15, 0.2) is 12.3 Å². The number of hydrogen-bond acceptors (Lipinski definition) is 4. The number of aromatic nitrogens is 2. The third kappa shape index (κ3) is 3.23. The van der Waals surface area contributed by atoms with Crippen LogP contribution in [0, 0.1) is 0 Å². The lowest BCUT2D eigenvalue weighted by Crippen LogP contribution is -2.43. The van der Waals surface area contributed by atoms with Crippen LogP contribution in [-0.2, 0) is 13.6 Å². The van der Waals surface area contributed by atoms with E-state index in [4.69, 9.17) is 0 Å². The van der Waals surface area contributed by atoms with E-state index in [-0.39, 0.29) is 0 Å². The van der Waals surface area contributed by atoms with Crippen LogP contribution in [0.5, 0.6) is 0 Å². The Bertz CT molecular complexity index is 334. The number of hydrogen-bond donors (Lipinski definition) is 2. The first-order valence-corrected chi connectivity index (χ1v) is 6.83. The van der Waals surface area contributed by atoms with Crippen molar-refractivity contribution in [3.8, 4) is 0 Å². The number of aliphatic hydroxyl groups is 1. The number of rotatable bonds is 4. The summed E-state index contributed by atoms with van der Waals surface area (Å²) < 4.78 is 1.79. The molecule has 0 aliphatic carbocycles. The molecule has 1 aliphatic rings. The molecule has 0 amide bonds. The van der Waals surface area contributed by atoms with Crippen LogP contribution < -0.4 is 5.32 Å². The highest BCUT2D eigenvalue weighted by Crippen LogP contribution is 2.26. The quantitative estimate of drug-likeness (QED) is 0.817. The molecule has 1 aromatic heterocycles. The summed E-state index contributed by atoms with van der Waals surface area (Å²) in [5.41, 5.74) is 0.524. The Labute approximate surface area is 100 Å². The van der Waals surface area contributed by atoms with Crippen LogP contribution in [-0.4, -0.2) is 38.5 Å². The smallest absolute Gasteiger partial charge is 0.0787 e. The van der Waals surface area contributed by atoms with E-state index in [1.165, 1.54) is 0 Å². The van der Waals surface area contributed by atoms with Gasteiger partial charge in [0, 0.05) is 26.3 Å². The number of aryl methyl sites for hydroxylation is 1. The van der Waals surface area contributed by atoms with Crippen molar-refractivity contribution in [1.29, 1.82) is 0 Å². The summed E-state index contributed by atoms with van der Waals surface area (Å²) in [6, 6.07) is 1.99. The first-order chi connectivity index (χ1) is 7.68. The molecule has 1 fully saturated rings. The van der Waals surface area contributed by atoms with Crippen LogP contribution in [0.1, 0.15) is 18.5 Å². The second-order valence-electron chi connectivity index (χ2n) is 4.42. The average Bonchev–Trinajstić information content (AvgIpc) is 2.65. The molecule has 4 nitrogen and oxygen atoms in total. The normalized spacial score (nSPS) is 19.9. The van der Waals surface area contributed by atoms with Crippen molar-refractivity contribution in [1.82, 2.24) is 15.1 Å². The van der Waals surface area contributed by atoms with Gasteiger partial charge in [-0.3, -0.25) is 4.68 Å². The summed E-state index contributed by atoms with van der Waals surface area (Å²) in [7, 11) is 1.91. The molecule has 0 aromatic carbocycles. The summed E-state index contributed by atoms with van der Waals surface area (Å²) >= 11 is 1.93. The largest absolute Gasteiger partial charge is 0.389 e. The number of thioether (sulfide) groups is 1. The fraction of sp³-hybridized carbons (Fsp3) is 0.727. The Balaban J connectivity index is 1.74. The van der Waals surface area contributed by atoms with Crippen LogP contribution in [0.2, 0.25) is 0 Å². The van der Waals surface area contributed by atoms with Gasteiger partial charge in [-0.2, -0.15) is 16.9 Å². The minimum Gasteiger partial charge on any atom is -0.389 e. The number of nitrogens with one attached hydrogen (secondary N) is 1. The fourth-order valence-electron chi connectivity index (χ4n) is 1.91. The highest BCUT2D eigenvalue weighted by atomic mass is 32.2. The molecule has 2 N–H and O–H groups in total. The van der Waals surface area contributed by atoms with Crippen molar-refractivity contribution in [2.24, 2.45) is 7.05 Å². The molecular formula is C11H19N3OS. The topological polar surface area (TPSA) is 50.1 Å². The standard InChI is InChI=1S/C11H19N3OS/c1-14-5-2-10(13-14)8-12-9-11(15)3-6-16-7-4-11/h2,5,12,15H,3-4,6-9H2,1H3. The van der Waals surface area contributed by atoms with Crippen LogP contribution in [0.25, 0.3) is 0 Å². The predicted molar refractivity (Wildman–Crippen MR) is 66.4 cm³/mol. The molecule has 0 unspecified atom stereocenters. The lowest BCUT2D eigenvalue weighted by molar-refractivity contribution is 0.0319. The molecule has 90 valence electrons. The first kappa shape index (κ1) is 12.0. The predicted octanol–water partition coefficient (Wildman–Crippen LogP) is 0.768. The monoisotopic (exact) mass is 241 g/mol. The summed E-state index contributed by atoms with van der Waals surface area (Å²) in [5, 5.41) is 17.8. The molecule has 0 radical (unpaired) electrons. The van der Waals surface area contributed by atoms with Gasteiger partial charge in [-0.25, -0.2) is 0 Å². The highest BCUT2D eigenvalue weighted by Gasteiger charge is 2.28. The summed E-state index contributed by atoms with van der Waals surface area (Å²) in [4.78, 5) is 0. The molecule has 2 rings (SSSR count). The molecular weight excluding hydrogens is 222 g/mol. The Morgan fingerprint density at radius 1 is 1.56 bits per heavy atom. The van der Waals surface area contributed by atoms with Gasteiger partial charge in [0.2, 0.25) is 0 Å². The average molecular weight is 241 g/mol. The van der Waals surface area contributed by atoms with Gasteiger partial charge in [0.15, 0.2) is 0 Å². The molecule has 0 saturated carbocycles. The minimum atomic E-state index is -0.500. The molecule has 16 heavy (non-hydrogen) atoms. The van der Waals surface area contributed by atoms with E-state index in [1.807, 2.05) is 31.1 Å². The van der Waals surface area contributed by atoms with Crippen LogP contribution >= 0.6 is 11.8 Å². The SMILES string of the molecule is Cn1ccc(CNCC2(O)CCSCC2)n1. The van der Waals surface area contributed by atoms with Crippen LogP contribution in [0.4, 0.5) is 0 Å². The molecule has 1 aromatic rings. The van der Waals surface area contributed by atoms with E-state index in [0.29, 0.717) is 6.54 Å². The van der Waals surface area contributed by atoms with E-state index in [1.54, 1.807) is 4.68 Å². The van der Waals surface area contributed by atoms with E-state index in [2.05, 4.69) is 10.4 Å². The maximum Gasteiger partial charge on any atom is 0.0787 e. The van der Waals surface area contributed by atoms with Crippen LogP contribution in [0.3, 0.4) is 0 Å². The van der Waals surface area contributed by atoms with Crippen molar-refractivity contribution in [2.75, 3.05) is 18.1 Å². The van der Waals surface area contributed by atoms with Crippen molar-refractivity contribution in [2.45, 2.75) is 25.0 Å². The lowest BCUT2D eigenvalue weighted by atomic mass is 9.97. The molecule has 1 aliphatic heterocycles. The van der Waals surface area contributed by atoms with E-state index in [9.17, 15) is 5.11 Å². The molecule has 1 saturated heterocycles. The zero-order valence-electron chi connectivity index (χ0n) is 9.65. The summed E-state index contributed by atoms with van der Waals surface area (Å²) in [6.45, 7) is 1.40. The maximum absolute atomic E-state index is 10.3.